The molecule has 1 aliphatic heterocycles. The van der Waals surface area contributed by atoms with E-state index in [-0.39, 0.29) is 12.0 Å². The molecular weight excluding hydrogens is 260 g/mol. The van der Waals surface area contributed by atoms with Gasteiger partial charge in [0.1, 0.15) is 6.04 Å². The molecule has 0 aromatic carbocycles. The van der Waals surface area contributed by atoms with Gasteiger partial charge in [-0.15, -0.1) is 0 Å². The van der Waals surface area contributed by atoms with Crippen LogP contribution in [0.3, 0.4) is 0 Å². The predicted molar refractivity (Wildman–Crippen MR) is 75.6 cm³/mol. The topological polar surface area (TPSA) is 87.7 Å². The third-order valence-corrected chi connectivity index (χ3v) is 3.34. The van der Waals surface area contributed by atoms with E-state index in [0.29, 0.717) is 13.0 Å². The summed E-state index contributed by atoms with van der Waals surface area (Å²) in [5.41, 5.74) is 0. The van der Waals surface area contributed by atoms with Crippen molar-refractivity contribution in [1.29, 1.82) is 0 Å². The quantitative estimate of drug-likeness (QED) is 0.665. The van der Waals surface area contributed by atoms with Gasteiger partial charge in [0.2, 0.25) is 0 Å². The average molecular weight is 286 g/mol. The molecule has 0 aromatic rings. The highest BCUT2D eigenvalue weighted by Gasteiger charge is 2.21. The fraction of sp³-hybridized carbons (Fsp3) is 0.857. The molecule has 6 nitrogen and oxygen atoms in total. The van der Waals surface area contributed by atoms with E-state index >= 15 is 0 Å². The molecule has 1 aliphatic rings. The van der Waals surface area contributed by atoms with Crippen LogP contribution in [0.15, 0.2) is 0 Å². The number of hydrogen-bond acceptors (Lipinski definition) is 3. The molecule has 2 amide bonds. The van der Waals surface area contributed by atoms with Crippen molar-refractivity contribution >= 4 is 12.0 Å². The van der Waals surface area contributed by atoms with Crippen LogP contribution in [-0.2, 0) is 9.53 Å². The number of nitrogens with one attached hydrogen (secondary N) is 2. The third kappa shape index (κ3) is 6.75. The first-order valence-electron chi connectivity index (χ1n) is 7.37. The zero-order chi connectivity index (χ0) is 15.0. The third-order valence-electron chi connectivity index (χ3n) is 3.34. The van der Waals surface area contributed by atoms with E-state index in [1.165, 1.54) is 6.42 Å². The number of carbonyl (C=O) groups excluding carboxylic acids is 1. The van der Waals surface area contributed by atoms with Gasteiger partial charge < -0.3 is 20.5 Å². The summed E-state index contributed by atoms with van der Waals surface area (Å²) in [4.78, 5) is 22.7. The van der Waals surface area contributed by atoms with E-state index in [1.807, 2.05) is 13.8 Å². The van der Waals surface area contributed by atoms with Crippen LogP contribution in [0.5, 0.6) is 0 Å². The lowest BCUT2D eigenvalue weighted by molar-refractivity contribution is -0.139. The molecule has 1 rings (SSSR count). The minimum absolute atomic E-state index is 0.215. The number of ether oxygens (including phenoxy) is 1. The molecule has 1 fully saturated rings. The number of amides is 2. The number of hydrogen-bond donors (Lipinski definition) is 3. The highest BCUT2D eigenvalue weighted by molar-refractivity contribution is 5.82. The Kier molecular flexibility index (Phi) is 7.36. The van der Waals surface area contributed by atoms with Gasteiger partial charge in [-0.05, 0) is 38.0 Å². The van der Waals surface area contributed by atoms with Gasteiger partial charge in [0.05, 0.1) is 6.10 Å². The average Bonchev–Trinajstić information content (AvgIpc) is 2.38. The summed E-state index contributed by atoms with van der Waals surface area (Å²) in [6.07, 6.45) is 4.74. The molecule has 1 unspecified atom stereocenters. The molecule has 6 heteroatoms. The number of carboxylic acids is 1. The molecule has 1 heterocycles. The van der Waals surface area contributed by atoms with Crippen LogP contribution in [-0.4, -0.2) is 42.4 Å². The van der Waals surface area contributed by atoms with E-state index in [0.717, 1.165) is 25.9 Å². The Labute approximate surface area is 120 Å². The smallest absolute Gasteiger partial charge is 0.326 e. The predicted octanol–water partition coefficient (Wildman–Crippen LogP) is 1.74. The lowest BCUT2D eigenvalue weighted by atomic mass is 10.0. The second kappa shape index (κ2) is 8.79. The maximum atomic E-state index is 11.7. The molecule has 0 radical (unpaired) electrons. The van der Waals surface area contributed by atoms with Crippen molar-refractivity contribution in [3.05, 3.63) is 0 Å². The Morgan fingerprint density at radius 2 is 2.10 bits per heavy atom. The number of rotatable bonds is 7. The van der Waals surface area contributed by atoms with E-state index in [1.54, 1.807) is 0 Å². The molecule has 0 spiro atoms. The summed E-state index contributed by atoms with van der Waals surface area (Å²) in [7, 11) is 0. The summed E-state index contributed by atoms with van der Waals surface area (Å²) < 4.78 is 5.57. The standard InChI is InChI=1S/C14H26N2O4/c1-10(2)9-12(13(17)18)16-14(19)15-7-6-11-5-3-4-8-20-11/h10-12H,3-9H2,1-2H3,(H,17,18)(H2,15,16,19)/t11?,12-/m0/s1. The molecule has 3 N–H and O–H groups in total. The van der Waals surface area contributed by atoms with Crippen molar-refractivity contribution in [2.24, 2.45) is 5.92 Å². The van der Waals surface area contributed by atoms with Crippen LogP contribution in [0, 0.1) is 5.92 Å². The van der Waals surface area contributed by atoms with Crippen LogP contribution in [0.25, 0.3) is 0 Å². The molecule has 0 aromatic heterocycles. The van der Waals surface area contributed by atoms with Gasteiger partial charge in [-0.25, -0.2) is 9.59 Å². The Morgan fingerprint density at radius 1 is 1.35 bits per heavy atom. The van der Waals surface area contributed by atoms with Crippen molar-refractivity contribution in [3.63, 3.8) is 0 Å². The SMILES string of the molecule is CC(C)C[C@H](NC(=O)NCCC1CCCCO1)C(=O)O. The minimum Gasteiger partial charge on any atom is -0.480 e. The number of urea groups is 1. The first kappa shape index (κ1) is 16.8. The van der Waals surface area contributed by atoms with Gasteiger partial charge in [-0.2, -0.15) is 0 Å². The van der Waals surface area contributed by atoms with Crippen molar-refractivity contribution in [3.8, 4) is 0 Å². The Hall–Kier alpha value is -1.30. The van der Waals surface area contributed by atoms with E-state index in [4.69, 9.17) is 9.84 Å². The molecule has 0 saturated carbocycles. The van der Waals surface area contributed by atoms with Gasteiger partial charge in [0.15, 0.2) is 0 Å². The molecule has 20 heavy (non-hydrogen) atoms. The van der Waals surface area contributed by atoms with Crippen molar-refractivity contribution in [2.45, 2.75) is 58.1 Å². The Morgan fingerprint density at radius 3 is 2.65 bits per heavy atom. The van der Waals surface area contributed by atoms with Crippen LogP contribution >= 0.6 is 0 Å². The minimum atomic E-state index is -0.996. The highest BCUT2D eigenvalue weighted by Crippen LogP contribution is 2.14. The van der Waals surface area contributed by atoms with Crippen molar-refractivity contribution in [2.75, 3.05) is 13.2 Å². The summed E-state index contributed by atoms with van der Waals surface area (Å²) in [5.74, 6) is -0.781. The lowest BCUT2D eigenvalue weighted by Crippen LogP contribution is -2.47. The maximum Gasteiger partial charge on any atom is 0.326 e. The lowest BCUT2D eigenvalue weighted by Gasteiger charge is -2.23. The molecule has 0 aliphatic carbocycles. The van der Waals surface area contributed by atoms with Gasteiger partial charge in [-0.3, -0.25) is 0 Å². The molecule has 116 valence electrons. The van der Waals surface area contributed by atoms with Crippen LogP contribution in [0.1, 0.15) is 46.0 Å². The maximum absolute atomic E-state index is 11.7. The fourth-order valence-electron chi connectivity index (χ4n) is 2.28. The monoisotopic (exact) mass is 286 g/mol. The normalized spacial score (nSPS) is 20.4. The van der Waals surface area contributed by atoms with Crippen LogP contribution in [0.4, 0.5) is 4.79 Å². The summed E-state index contributed by atoms with van der Waals surface area (Å²) in [6.45, 7) is 5.16. The van der Waals surface area contributed by atoms with Crippen molar-refractivity contribution in [1.82, 2.24) is 10.6 Å². The summed E-state index contributed by atoms with van der Waals surface area (Å²) in [5, 5.41) is 14.2. The zero-order valence-electron chi connectivity index (χ0n) is 12.4. The Bertz CT molecular complexity index is 314. The molecule has 0 bridgehead atoms. The molecule has 1 saturated heterocycles. The van der Waals surface area contributed by atoms with Crippen molar-refractivity contribution < 1.29 is 19.4 Å². The number of carbonyl (C=O) groups is 2. The van der Waals surface area contributed by atoms with Gasteiger partial charge >= 0.3 is 12.0 Å². The van der Waals surface area contributed by atoms with Crippen LogP contribution < -0.4 is 10.6 Å². The molecule has 2 atom stereocenters. The molecular formula is C14H26N2O4. The van der Waals surface area contributed by atoms with E-state index in [9.17, 15) is 9.59 Å². The second-order valence-corrected chi connectivity index (χ2v) is 5.70. The first-order chi connectivity index (χ1) is 9.49. The van der Waals surface area contributed by atoms with Gasteiger partial charge in [-0.1, -0.05) is 13.8 Å². The zero-order valence-corrected chi connectivity index (χ0v) is 12.4. The van der Waals surface area contributed by atoms with Gasteiger partial charge in [0, 0.05) is 13.2 Å². The summed E-state index contributed by atoms with van der Waals surface area (Å²) in [6, 6.07) is -1.25. The van der Waals surface area contributed by atoms with Gasteiger partial charge in [0.25, 0.3) is 0 Å². The highest BCUT2D eigenvalue weighted by atomic mass is 16.5. The first-order valence-corrected chi connectivity index (χ1v) is 7.37. The fourth-order valence-corrected chi connectivity index (χ4v) is 2.28. The number of carboxylic acid groups (broad SMARTS) is 1. The van der Waals surface area contributed by atoms with E-state index in [2.05, 4.69) is 10.6 Å². The summed E-state index contributed by atoms with van der Waals surface area (Å²) >= 11 is 0. The Balaban J connectivity index is 2.21. The van der Waals surface area contributed by atoms with Crippen LogP contribution in [0.2, 0.25) is 0 Å². The van der Waals surface area contributed by atoms with E-state index < -0.39 is 18.0 Å². The second-order valence-electron chi connectivity index (χ2n) is 5.70. The number of aliphatic carboxylic acids is 1. The largest absolute Gasteiger partial charge is 0.480 e.